The van der Waals surface area contributed by atoms with Crippen molar-refractivity contribution in [3.63, 3.8) is 0 Å². The Morgan fingerprint density at radius 3 is 2.93 bits per heavy atom. The van der Waals surface area contributed by atoms with Crippen molar-refractivity contribution in [2.45, 2.75) is 51.9 Å². The van der Waals surface area contributed by atoms with E-state index in [2.05, 4.69) is 30.6 Å². The lowest BCUT2D eigenvalue weighted by atomic mass is 10.1. The lowest BCUT2D eigenvalue weighted by molar-refractivity contribution is -0.125. The number of rotatable bonds is 8. The summed E-state index contributed by atoms with van der Waals surface area (Å²) in [5, 5.41) is 10.2. The molecule has 2 aromatic rings. The summed E-state index contributed by atoms with van der Waals surface area (Å²) in [6.07, 6.45) is 6.29. The molecule has 0 aromatic carbocycles. The van der Waals surface area contributed by atoms with Gasteiger partial charge < -0.3 is 15.6 Å². The summed E-state index contributed by atoms with van der Waals surface area (Å²) in [4.78, 5) is 34.1. The number of hydrogen-bond acceptors (Lipinski definition) is 5. The van der Waals surface area contributed by atoms with Crippen LogP contribution in [0.3, 0.4) is 0 Å². The molecule has 9 nitrogen and oxygen atoms in total. The van der Waals surface area contributed by atoms with E-state index in [1.807, 2.05) is 26.1 Å². The molecule has 3 N–H and O–H groups in total. The van der Waals surface area contributed by atoms with E-state index in [9.17, 15) is 9.59 Å². The van der Waals surface area contributed by atoms with Gasteiger partial charge in [0.15, 0.2) is 0 Å². The highest BCUT2D eigenvalue weighted by Crippen LogP contribution is 2.20. The molecule has 0 saturated carbocycles. The second-order valence-electron chi connectivity index (χ2n) is 6.85. The Labute approximate surface area is 158 Å². The van der Waals surface area contributed by atoms with E-state index in [0.717, 1.165) is 11.5 Å². The van der Waals surface area contributed by atoms with Crippen LogP contribution in [0.15, 0.2) is 24.7 Å². The van der Waals surface area contributed by atoms with Gasteiger partial charge in [-0.25, -0.2) is 4.98 Å². The van der Waals surface area contributed by atoms with Gasteiger partial charge in [0.05, 0.1) is 18.3 Å². The van der Waals surface area contributed by atoms with Gasteiger partial charge in [0.25, 0.3) is 0 Å². The Hall–Kier alpha value is -2.68. The molecule has 1 fully saturated rings. The fourth-order valence-corrected chi connectivity index (χ4v) is 3.43. The van der Waals surface area contributed by atoms with Crippen LogP contribution in [0.25, 0.3) is 0 Å². The van der Waals surface area contributed by atoms with E-state index in [0.29, 0.717) is 39.0 Å². The molecule has 2 atom stereocenters. The largest absolute Gasteiger partial charge is 0.355 e. The highest BCUT2D eigenvalue weighted by atomic mass is 16.2. The average molecular weight is 373 g/mol. The monoisotopic (exact) mass is 373 g/mol. The van der Waals surface area contributed by atoms with Gasteiger partial charge >= 0.3 is 0 Å². The van der Waals surface area contributed by atoms with Gasteiger partial charge in [0.1, 0.15) is 5.82 Å². The molecule has 1 aliphatic heterocycles. The molecule has 1 aliphatic rings. The first-order valence-corrected chi connectivity index (χ1v) is 9.34. The number of carbonyl (C=O) groups is 2. The summed E-state index contributed by atoms with van der Waals surface area (Å²) >= 11 is 0. The van der Waals surface area contributed by atoms with Gasteiger partial charge in [-0.1, -0.05) is 0 Å². The number of amides is 2. The molecule has 0 spiro atoms. The first-order chi connectivity index (χ1) is 13.0. The number of aryl methyl sites for hydroxylation is 2. The maximum absolute atomic E-state index is 12.4. The second kappa shape index (κ2) is 8.81. The Morgan fingerprint density at radius 2 is 2.26 bits per heavy atom. The SMILES string of the molecule is CCNC(=O)[C@@H]1C[C@H](NC(=O)CCn2ccc(C)n2)CN1Cc1ncc[nH]1. The van der Waals surface area contributed by atoms with Gasteiger partial charge in [0, 0.05) is 50.7 Å². The van der Waals surface area contributed by atoms with Crippen molar-refractivity contribution in [1.82, 2.24) is 35.3 Å². The second-order valence-corrected chi connectivity index (χ2v) is 6.85. The quantitative estimate of drug-likeness (QED) is 0.613. The van der Waals surface area contributed by atoms with Crippen LogP contribution >= 0.6 is 0 Å². The van der Waals surface area contributed by atoms with E-state index in [4.69, 9.17) is 0 Å². The lowest BCUT2D eigenvalue weighted by Gasteiger charge is -2.22. The van der Waals surface area contributed by atoms with E-state index in [1.54, 1.807) is 17.1 Å². The minimum atomic E-state index is -0.269. The number of hydrogen-bond donors (Lipinski definition) is 3. The fraction of sp³-hybridized carbons (Fsp3) is 0.556. The Bertz CT molecular complexity index is 756. The number of nitrogens with one attached hydrogen (secondary N) is 3. The van der Waals surface area contributed by atoms with Crippen LogP contribution < -0.4 is 10.6 Å². The molecule has 27 heavy (non-hydrogen) atoms. The van der Waals surface area contributed by atoms with Crippen LogP contribution in [-0.4, -0.2) is 61.6 Å². The Kier molecular flexibility index (Phi) is 6.23. The average Bonchev–Trinajstić information content (AvgIpc) is 3.36. The van der Waals surface area contributed by atoms with Crippen LogP contribution in [-0.2, 0) is 22.7 Å². The standard InChI is InChI=1S/C18H27N7O2/c1-3-19-18(27)15-10-14(11-24(15)12-16-20-6-7-21-16)22-17(26)5-9-25-8-4-13(2)23-25/h4,6-8,14-15H,3,5,9-12H2,1-2H3,(H,19,27)(H,20,21)(H,22,26)/t14-,15-/m0/s1. The van der Waals surface area contributed by atoms with Crippen LogP contribution in [0.5, 0.6) is 0 Å². The predicted molar refractivity (Wildman–Crippen MR) is 99.6 cm³/mol. The van der Waals surface area contributed by atoms with Crippen molar-refractivity contribution in [3.05, 3.63) is 36.2 Å². The number of carbonyl (C=O) groups excluding carboxylic acids is 2. The van der Waals surface area contributed by atoms with Crippen LogP contribution in [0, 0.1) is 6.92 Å². The molecular weight excluding hydrogens is 346 g/mol. The highest BCUT2D eigenvalue weighted by molar-refractivity contribution is 5.82. The van der Waals surface area contributed by atoms with Crippen molar-refractivity contribution >= 4 is 11.8 Å². The first-order valence-electron chi connectivity index (χ1n) is 9.34. The van der Waals surface area contributed by atoms with Gasteiger partial charge in [-0.05, 0) is 26.3 Å². The van der Waals surface area contributed by atoms with Crippen LogP contribution in [0.4, 0.5) is 0 Å². The maximum Gasteiger partial charge on any atom is 0.237 e. The van der Waals surface area contributed by atoms with Gasteiger partial charge in [0.2, 0.25) is 11.8 Å². The van der Waals surface area contributed by atoms with Gasteiger partial charge in [-0.15, -0.1) is 0 Å². The van der Waals surface area contributed by atoms with Crippen molar-refractivity contribution in [2.75, 3.05) is 13.1 Å². The topological polar surface area (TPSA) is 108 Å². The molecule has 1 saturated heterocycles. The molecule has 3 rings (SSSR count). The number of H-pyrrole nitrogens is 1. The molecule has 9 heteroatoms. The Morgan fingerprint density at radius 1 is 1.41 bits per heavy atom. The first kappa shape index (κ1) is 19.1. The van der Waals surface area contributed by atoms with Crippen molar-refractivity contribution in [3.8, 4) is 0 Å². The third-order valence-corrected chi connectivity index (χ3v) is 4.67. The molecule has 0 bridgehead atoms. The summed E-state index contributed by atoms with van der Waals surface area (Å²) in [5.74, 6) is 0.779. The predicted octanol–water partition coefficient (Wildman–Crippen LogP) is 0.200. The zero-order valence-electron chi connectivity index (χ0n) is 15.8. The summed E-state index contributed by atoms with van der Waals surface area (Å²) in [5.41, 5.74) is 0.935. The number of aromatic nitrogens is 4. The van der Waals surface area contributed by atoms with Gasteiger partial charge in [-0.3, -0.25) is 19.2 Å². The fourth-order valence-electron chi connectivity index (χ4n) is 3.43. The number of imidazole rings is 1. The summed E-state index contributed by atoms with van der Waals surface area (Å²) in [6, 6.07) is 1.59. The minimum Gasteiger partial charge on any atom is -0.355 e. The third-order valence-electron chi connectivity index (χ3n) is 4.67. The van der Waals surface area contributed by atoms with Crippen LogP contribution in [0.2, 0.25) is 0 Å². The number of likely N-dealkylation sites (tertiary alicyclic amines) is 1. The maximum atomic E-state index is 12.4. The number of aromatic amines is 1. The van der Waals surface area contributed by atoms with Crippen molar-refractivity contribution < 1.29 is 9.59 Å². The zero-order chi connectivity index (χ0) is 19.2. The molecule has 2 aromatic heterocycles. The van der Waals surface area contributed by atoms with Gasteiger partial charge in [-0.2, -0.15) is 5.10 Å². The van der Waals surface area contributed by atoms with E-state index in [1.165, 1.54) is 0 Å². The summed E-state index contributed by atoms with van der Waals surface area (Å²) in [7, 11) is 0. The molecule has 2 amide bonds. The van der Waals surface area contributed by atoms with Crippen LogP contribution in [0.1, 0.15) is 31.3 Å². The lowest BCUT2D eigenvalue weighted by Crippen LogP contribution is -2.42. The molecule has 3 heterocycles. The summed E-state index contributed by atoms with van der Waals surface area (Å²) < 4.78 is 1.77. The molecule has 0 unspecified atom stereocenters. The third kappa shape index (κ3) is 5.16. The summed E-state index contributed by atoms with van der Waals surface area (Å²) in [6.45, 7) is 6.12. The van der Waals surface area contributed by atoms with Crippen molar-refractivity contribution in [2.24, 2.45) is 0 Å². The van der Waals surface area contributed by atoms with E-state index >= 15 is 0 Å². The molecule has 146 valence electrons. The Balaban J connectivity index is 1.55. The van der Waals surface area contributed by atoms with E-state index in [-0.39, 0.29) is 23.9 Å². The number of likely N-dealkylation sites (N-methyl/N-ethyl adjacent to an activating group) is 1. The highest BCUT2D eigenvalue weighted by Gasteiger charge is 2.37. The van der Waals surface area contributed by atoms with E-state index < -0.39 is 0 Å². The smallest absolute Gasteiger partial charge is 0.237 e. The number of nitrogens with zero attached hydrogens (tertiary/aromatic N) is 4. The molecular formula is C18H27N7O2. The normalized spacial score (nSPS) is 19.9. The minimum absolute atomic E-state index is 0.00665. The molecule has 0 radical (unpaired) electrons. The molecule has 0 aliphatic carbocycles. The van der Waals surface area contributed by atoms with Crippen molar-refractivity contribution in [1.29, 1.82) is 0 Å². The zero-order valence-corrected chi connectivity index (χ0v) is 15.8.